The van der Waals surface area contributed by atoms with Gasteiger partial charge in [0.2, 0.25) is 0 Å². The van der Waals surface area contributed by atoms with Gasteiger partial charge in [-0.1, -0.05) is 18.2 Å². The van der Waals surface area contributed by atoms with Crippen LogP contribution in [0.15, 0.2) is 54.9 Å². The van der Waals surface area contributed by atoms with Crippen molar-refractivity contribution in [2.75, 3.05) is 5.32 Å². The molecule has 0 fully saturated rings. The lowest BCUT2D eigenvalue weighted by Crippen LogP contribution is -2.18. The van der Waals surface area contributed by atoms with Crippen LogP contribution in [0.2, 0.25) is 0 Å². The number of rotatable bonds is 5. The molecule has 2 aromatic carbocycles. The zero-order valence-corrected chi connectivity index (χ0v) is 14.1. The number of benzene rings is 2. The maximum atomic E-state index is 14.1. The first kappa shape index (κ1) is 18.6. The Bertz CT molecular complexity index is 952. The predicted octanol–water partition coefficient (Wildman–Crippen LogP) is 4.97. The van der Waals surface area contributed by atoms with E-state index < -0.39 is 29.4 Å². The van der Waals surface area contributed by atoms with E-state index in [0.29, 0.717) is 5.56 Å². The van der Waals surface area contributed by atoms with E-state index in [4.69, 9.17) is 0 Å². The Balaban J connectivity index is 2.05. The standard InChI is InChI=1S/C19H15F4N3O/c1-11(27)14-7-6-13(8-17(14)20)26-18(12-9-24-25-10-12)15-4-2-3-5-16(15)19(21,22)23/h2-10,18,26H,1H3,(H,24,25). The maximum Gasteiger partial charge on any atom is 0.416 e. The number of nitrogens with one attached hydrogen (secondary N) is 2. The molecule has 8 heteroatoms. The number of aromatic amines is 1. The van der Waals surface area contributed by atoms with E-state index in [9.17, 15) is 22.4 Å². The van der Waals surface area contributed by atoms with Crippen LogP contribution in [0.3, 0.4) is 0 Å². The Kier molecular flexibility index (Phi) is 4.98. The third kappa shape index (κ3) is 3.99. The first-order valence-electron chi connectivity index (χ1n) is 7.99. The molecular formula is C19H15F4N3O. The van der Waals surface area contributed by atoms with Crippen molar-refractivity contribution in [1.82, 2.24) is 10.2 Å². The number of H-pyrrole nitrogens is 1. The maximum absolute atomic E-state index is 14.1. The summed E-state index contributed by atoms with van der Waals surface area (Å²) in [6.07, 6.45) is -1.69. The lowest BCUT2D eigenvalue weighted by molar-refractivity contribution is -0.138. The van der Waals surface area contributed by atoms with Crippen LogP contribution in [0.1, 0.15) is 40.0 Å². The molecule has 0 aliphatic rings. The predicted molar refractivity (Wildman–Crippen MR) is 91.9 cm³/mol. The quantitative estimate of drug-likeness (QED) is 0.487. The van der Waals surface area contributed by atoms with Crippen LogP contribution in [-0.4, -0.2) is 16.0 Å². The molecule has 27 heavy (non-hydrogen) atoms. The number of carbonyl (C=O) groups is 1. The van der Waals surface area contributed by atoms with Gasteiger partial charge in [0.25, 0.3) is 0 Å². The molecule has 0 saturated heterocycles. The van der Waals surface area contributed by atoms with Crippen LogP contribution < -0.4 is 5.32 Å². The Morgan fingerprint density at radius 3 is 2.52 bits per heavy atom. The number of hydrogen-bond donors (Lipinski definition) is 2. The van der Waals surface area contributed by atoms with Crippen molar-refractivity contribution in [3.05, 3.63) is 82.9 Å². The fourth-order valence-corrected chi connectivity index (χ4v) is 2.82. The second kappa shape index (κ2) is 7.22. The van der Waals surface area contributed by atoms with Crippen LogP contribution in [0.4, 0.5) is 23.2 Å². The van der Waals surface area contributed by atoms with E-state index in [2.05, 4.69) is 15.5 Å². The van der Waals surface area contributed by atoms with E-state index in [1.165, 1.54) is 49.6 Å². The second-order valence-corrected chi connectivity index (χ2v) is 5.94. The molecule has 1 atom stereocenters. The number of halogens is 4. The van der Waals surface area contributed by atoms with Gasteiger partial charge in [0.1, 0.15) is 5.82 Å². The van der Waals surface area contributed by atoms with E-state index in [1.54, 1.807) is 0 Å². The van der Waals surface area contributed by atoms with Gasteiger partial charge in [-0.2, -0.15) is 18.3 Å². The highest BCUT2D eigenvalue weighted by Crippen LogP contribution is 2.37. The van der Waals surface area contributed by atoms with Crippen LogP contribution in [-0.2, 0) is 6.18 Å². The third-order valence-corrected chi connectivity index (χ3v) is 4.09. The molecule has 140 valence electrons. The van der Waals surface area contributed by atoms with Crippen LogP contribution in [0.5, 0.6) is 0 Å². The van der Waals surface area contributed by atoms with Crippen molar-refractivity contribution in [3.8, 4) is 0 Å². The SMILES string of the molecule is CC(=O)c1ccc(NC(c2cn[nH]c2)c2ccccc2C(F)(F)F)cc1F. The lowest BCUT2D eigenvalue weighted by atomic mass is 9.95. The molecule has 0 saturated carbocycles. The van der Waals surface area contributed by atoms with Crippen molar-refractivity contribution in [2.45, 2.75) is 19.1 Å². The average Bonchev–Trinajstić information content (AvgIpc) is 3.13. The molecule has 4 nitrogen and oxygen atoms in total. The zero-order chi connectivity index (χ0) is 19.6. The first-order chi connectivity index (χ1) is 12.8. The van der Waals surface area contributed by atoms with Gasteiger partial charge in [-0.25, -0.2) is 4.39 Å². The van der Waals surface area contributed by atoms with Crippen LogP contribution >= 0.6 is 0 Å². The molecule has 0 bridgehead atoms. The van der Waals surface area contributed by atoms with Crippen molar-refractivity contribution < 1.29 is 22.4 Å². The molecule has 0 aliphatic carbocycles. The van der Waals surface area contributed by atoms with Gasteiger partial charge >= 0.3 is 6.18 Å². The van der Waals surface area contributed by atoms with Crippen molar-refractivity contribution in [2.24, 2.45) is 0 Å². The largest absolute Gasteiger partial charge is 0.416 e. The van der Waals surface area contributed by atoms with Crippen LogP contribution in [0.25, 0.3) is 0 Å². The summed E-state index contributed by atoms with van der Waals surface area (Å²) < 4.78 is 54.4. The van der Waals surface area contributed by atoms with Crippen molar-refractivity contribution in [1.29, 1.82) is 0 Å². The Morgan fingerprint density at radius 2 is 1.93 bits per heavy atom. The van der Waals surface area contributed by atoms with Gasteiger partial charge in [0.15, 0.2) is 5.78 Å². The Morgan fingerprint density at radius 1 is 1.19 bits per heavy atom. The highest BCUT2D eigenvalue weighted by atomic mass is 19.4. The number of hydrogen-bond acceptors (Lipinski definition) is 3. The summed E-state index contributed by atoms with van der Waals surface area (Å²) in [5.74, 6) is -1.18. The first-order valence-corrected chi connectivity index (χ1v) is 7.99. The molecule has 3 aromatic rings. The Labute approximate surface area is 152 Å². The summed E-state index contributed by atoms with van der Waals surface area (Å²) in [7, 11) is 0. The third-order valence-electron chi connectivity index (χ3n) is 4.09. The van der Waals surface area contributed by atoms with Gasteiger partial charge < -0.3 is 5.32 Å². The summed E-state index contributed by atoms with van der Waals surface area (Å²) in [4.78, 5) is 11.4. The van der Waals surface area contributed by atoms with Gasteiger partial charge in [0.05, 0.1) is 23.4 Å². The molecule has 1 unspecified atom stereocenters. The summed E-state index contributed by atoms with van der Waals surface area (Å²) in [5.41, 5.74) is -0.230. The normalized spacial score (nSPS) is 12.6. The number of ketones is 1. The molecule has 2 N–H and O–H groups in total. The number of aromatic nitrogens is 2. The van der Waals surface area contributed by atoms with Gasteiger partial charge in [-0.15, -0.1) is 0 Å². The minimum absolute atomic E-state index is 0.0255. The minimum Gasteiger partial charge on any atom is -0.374 e. The summed E-state index contributed by atoms with van der Waals surface area (Å²) >= 11 is 0. The topological polar surface area (TPSA) is 57.8 Å². The van der Waals surface area contributed by atoms with E-state index in [0.717, 1.165) is 12.1 Å². The number of alkyl halides is 3. The average molecular weight is 377 g/mol. The van der Waals surface area contributed by atoms with E-state index in [1.807, 2.05) is 0 Å². The smallest absolute Gasteiger partial charge is 0.374 e. The summed E-state index contributed by atoms with van der Waals surface area (Å²) in [6.45, 7) is 1.24. The fourth-order valence-electron chi connectivity index (χ4n) is 2.82. The van der Waals surface area contributed by atoms with Gasteiger partial charge in [0, 0.05) is 17.4 Å². The monoisotopic (exact) mass is 377 g/mol. The van der Waals surface area contributed by atoms with E-state index >= 15 is 0 Å². The highest BCUT2D eigenvalue weighted by Gasteiger charge is 2.35. The highest BCUT2D eigenvalue weighted by molar-refractivity contribution is 5.94. The number of carbonyl (C=O) groups excluding carboxylic acids is 1. The van der Waals surface area contributed by atoms with Crippen molar-refractivity contribution >= 4 is 11.5 Å². The molecule has 3 rings (SSSR count). The minimum atomic E-state index is -4.55. The van der Waals surface area contributed by atoms with Gasteiger partial charge in [-0.05, 0) is 36.8 Å². The van der Waals surface area contributed by atoms with Gasteiger partial charge in [-0.3, -0.25) is 9.89 Å². The zero-order valence-electron chi connectivity index (χ0n) is 14.1. The molecular weight excluding hydrogens is 362 g/mol. The molecule has 0 radical (unpaired) electrons. The number of Topliss-reactive ketones (excluding diaryl/α,β-unsaturated/α-hetero) is 1. The van der Waals surface area contributed by atoms with Crippen LogP contribution in [0, 0.1) is 5.82 Å². The second-order valence-electron chi connectivity index (χ2n) is 5.94. The molecule has 1 aromatic heterocycles. The molecule has 0 spiro atoms. The van der Waals surface area contributed by atoms with Crippen molar-refractivity contribution in [3.63, 3.8) is 0 Å². The molecule has 0 aliphatic heterocycles. The molecule has 0 amide bonds. The van der Waals surface area contributed by atoms with E-state index in [-0.39, 0.29) is 16.8 Å². The molecule has 1 heterocycles. The summed E-state index contributed by atoms with van der Waals surface area (Å²) in [6, 6.07) is 8.05. The number of anilines is 1. The lowest BCUT2D eigenvalue weighted by Gasteiger charge is -2.23. The fraction of sp³-hybridized carbons (Fsp3) is 0.158. The Hall–Kier alpha value is -3.16. The number of nitrogens with zero attached hydrogens (tertiary/aromatic N) is 1. The summed E-state index contributed by atoms with van der Waals surface area (Å²) in [5, 5.41) is 9.27.